The van der Waals surface area contributed by atoms with Gasteiger partial charge in [-0.15, -0.1) is 0 Å². The van der Waals surface area contributed by atoms with Crippen molar-refractivity contribution in [3.8, 4) is 28.1 Å². The van der Waals surface area contributed by atoms with E-state index in [0.29, 0.717) is 17.3 Å². The molecule has 4 aromatic rings. The average molecular weight is 386 g/mol. The first-order chi connectivity index (χ1) is 14.2. The molecule has 0 radical (unpaired) electrons. The lowest BCUT2D eigenvalue weighted by molar-refractivity contribution is 0.415. The first-order valence-electron chi connectivity index (χ1n) is 9.77. The smallest absolute Gasteiger partial charge is 0.282 e. The van der Waals surface area contributed by atoms with Gasteiger partial charge in [-0.1, -0.05) is 42.5 Å². The molecule has 1 fully saturated rings. The molecule has 1 aliphatic carbocycles. The van der Waals surface area contributed by atoms with Crippen LogP contribution in [0.25, 0.3) is 28.0 Å². The molecule has 6 nitrogen and oxygen atoms in total. The summed E-state index contributed by atoms with van der Waals surface area (Å²) in [5.41, 5.74) is 5.48. The molecule has 0 atom stereocenters. The van der Waals surface area contributed by atoms with Crippen LogP contribution in [0.2, 0.25) is 0 Å². The number of aryl methyl sites for hydroxylation is 1. The molecule has 0 saturated heterocycles. The molecule has 2 aromatic carbocycles. The number of anilines is 1. The summed E-state index contributed by atoms with van der Waals surface area (Å²) < 4.78 is 6.72. The number of fused-ring (bicyclic) bond motifs is 1. The van der Waals surface area contributed by atoms with Gasteiger partial charge < -0.3 is 15.0 Å². The number of aromatic nitrogens is 3. The van der Waals surface area contributed by atoms with Crippen molar-refractivity contribution in [3.05, 3.63) is 70.6 Å². The van der Waals surface area contributed by atoms with Crippen LogP contribution in [0, 0.1) is 6.92 Å². The monoisotopic (exact) mass is 386 g/mol. The van der Waals surface area contributed by atoms with Crippen LogP contribution in [0.5, 0.6) is 5.75 Å². The Morgan fingerprint density at radius 2 is 1.79 bits per heavy atom. The Morgan fingerprint density at radius 1 is 1.07 bits per heavy atom. The van der Waals surface area contributed by atoms with Crippen LogP contribution >= 0.6 is 0 Å². The lowest BCUT2D eigenvalue weighted by Gasteiger charge is -2.09. The van der Waals surface area contributed by atoms with E-state index in [9.17, 15) is 4.79 Å². The summed E-state index contributed by atoms with van der Waals surface area (Å²) in [5, 5.41) is 8.27. The molecule has 2 aromatic heterocycles. The van der Waals surface area contributed by atoms with Gasteiger partial charge in [-0.25, -0.2) is 0 Å². The summed E-state index contributed by atoms with van der Waals surface area (Å²) in [6.45, 7) is 1.93. The van der Waals surface area contributed by atoms with Gasteiger partial charge in [-0.2, -0.15) is 9.61 Å². The molecule has 1 saturated carbocycles. The first kappa shape index (κ1) is 17.6. The fraction of sp³-hybridized carbons (Fsp3) is 0.217. The quantitative estimate of drug-likeness (QED) is 0.538. The normalized spacial score (nSPS) is 13.6. The van der Waals surface area contributed by atoms with Crippen LogP contribution in [0.1, 0.15) is 18.5 Å². The molecule has 2 heterocycles. The average Bonchev–Trinajstić information content (AvgIpc) is 3.50. The summed E-state index contributed by atoms with van der Waals surface area (Å²) in [5.74, 6) is 0.755. The van der Waals surface area contributed by atoms with E-state index in [-0.39, 0.29) is 5.56 Å². The molecule has 1 aliphatic rings. The molecular weight excluding hydrogens is 364 g/mol. The lowest BCUT2D eigenvalue weighted by atomic mass is 10.1. The number of nitrogens with one attached hydrogen (secondary N) is 2. The second-order valence-corrected chi connectivity index (χ2v) is 7.43. The fourth-order valence-electron chi connectivity index (χ4n) is 3.65. The van der Waals surface area contributed by atoms with E-state index in [1.165, 1.54) is 4.52 Å². The summed E-state index contributed by atoms with van der Waals surface area (Å²) in [6, 6.07) is 17.9. The number of hydrogen-bond acceptors (Lipinski definition) is 4. The van der Waals surface area contributed by atoms with Crippen molar-refractivity contribution in [3.63, 3.8) is 0 Å². The number of rotatable bonds is 5. The molecule has 146 valence electrons. The number of methoxy groups -OCH3 is 1. The van der Waals surface area contributed by atoms with E-state index in [4.69, 9.17) is 9.84 Å². The van der Waals surface area contributed by atoms with Gasteiger partial charge in [0.25, 0.3) is 5.56 Å². The number of aromatic amines is 1. The van der Waals surface area contributed by atoms with E-state index in [1.54, 1.807) is 7.11 Å². The second-order valence-electron chi connectivity index (χ2n) is 7.43. The van der Waals surface area contributed by atoms with Crippen molar-refractivity contribution < 1.29 is 4.74 Å². The second kappa shape index (κ2) is 6.81. The maximum Gasteiger partial charge on any atom is 0.282 e. The van der Waals surface area contributed by atoms with Crippen LogP contribution in [0.15, 0.2) is 59.4 Å². The van der Waals surface area contributed by atoms with Gasteiger partial charge in [0.15, 0.2) is 5.65 Å². The van der Waals surface area contributed by atoms with E-state index in [1.807, 2.05) is 61.5 Å². The number of H-pyrrole nitrogens is 1. The standard InChI is InChI=1S/C23H22N4O2/c1-14-19(15-8-12-18(29-2)13-9-15)23(28)27-22(24-14)21(25-17-10-11-17)20(26-27)16-6-4-3-5-7-16/h3-9,12-13,17,24-25H,10-11H2,1-2H3. The molecule has 0 bridgehead atoms. The highest BCUT2D eigenvalue weighted by Gasteiger charge is 2.27. The predicted octanol–water partition coefficient (Wildman–Crippen LogP) is 4.25. The first-order valence-corrected chi connectivity index (χ1v) is 9.77. The van der Waals surface area contributed by atoms with E-state index < -0.39 is 0 Å². The minimum atomic E-state index is -0.137. The Bertz CT molecular complexity index is 1240. The van der Waals surface area contributed by atoms with Gasteiger partial charge in [0, 0.05) is 17.3 Å². The number of nitrogens with zero attached hydrogens (tertiary/aromatic N) is 2. The van der Waals surface area contributed by atoms with Crippen molar-refractivity contribution in [1.29, 1.82) is 0 Å². The fourth-order valence-corrected chi connectivity index (χ4v) is 3.65. The van der Waals surface area contributed by atoms with Crippen molar-refractivity contribution in [2.75, 3.05) is 12.4 Å². The van der Waals surface area contributed by atoms with Gasteiger partial charge in [-0.05, 0) is 37.5 Å². The SMILES string of the molecule is COc1ccc(-c2c(C)[nH]c3c(NC4CC4)c(-c4ccccc4)nn3c2=O)cc1. The molecule has 6 heteroatoms. The van der Waals surface area contributed by atoms with Crippen molar-refractivity contribution in [2.45, 2.75) is 25.8 Å². The minimum absolute atomic E-state index is 0.137. The Labute approximate surface area is 168 Å². The maximum absolute atomic E-state index is 13.4. The van der Waals surface area contributed by atoms with Crippen molar-refractivity contribution >= 4 is 11.3 Å². The Kier molecular flexibility index (Phi) is 4.12. The molecule has 5 rings (SSSR count). The van der Waals surface area contributed by atoms with Crippen LogP contribution in [0.4, 0.5) is 5.69 Å². The van der Waals surface area contributed by atoms with Crippen LogP contribution < -0.4 is 15.6 Å². The largest absolute Gasteiger partial charge is 0.497 e. The molecule has 29 heavy (non-hydrogen) atoms. The minimum Gasteiger partial charge on any atom is -0.497 e. The molecular formula is C23H22N4O2. The summed E-state index contributed by atoms with van der Waals surface area (Å²) in [7, 11) is 1.63. The van der Waals surface area contributed by atoms with Gasteiger partial charge in [0.1, 0.15) is 17.1 Å². The van der Waals surface area contributed by atoms with Gasteiger partial charge in [-0.3, -0.25) is 4.79 Å². The third-order valence-corrected chi connectivity index (χ3v) is 5.32. The van der Waals surface area contributed by atoms with Gasteiger partial charge >= 0.3 is 0 Å². The molecule has 0 aliphatic heterocycles. The highest BCUT2D eigenvalue weighted by molar-refractivity contribution is 5.86. The van der Waals surface area contributed by atoms with E-state index in [0.717, 1.165) is 46.8 Å². The highest BCUT2D eigenvalue weighted by atomic mass is 16.5. The van der Waals surface area contributed by atoms with Gasteiger partial charge in [0.2, 0.25) is 0 Å². The van der Waals surface area contributed by atoms with Crippen LogP contribution in [-0.2, 0) is 0 Å². The number of hydrogen-bond donors (Lipinski definition) is 2. The van der Waals surface area contributed by atoms with E-state index in [2.05, 4.69) is 10.3 Å². The van der Waals surface area contributed by atoms with Gasteiger partial charge in [0.05, 0.1) is 12.7 Å². The molecule has 0 amide bonds. The lowest BCUT2D eigenvalue weighted by Crippen LogP contribution is -2.19. The zero-order valence-electron chi connectivity index (χ0n) is 16.4. The predicted molar refractivity (Wildman–Crippen MR) is 115 cm³/mol. The Balaban J connectivity index is 1.73. The zero-order chi connectivity index (χ0) is 20.0. The summed E-state index contributed by atoms with van der Waals surface area (Å²) in [6.07, 6.45) is 2.28. The Morgan fingerprint density at radius 3 is 2.45 bits per heavy atom. The summed E-state index contributed by atoms with van der Waals surface area (Å²) >= 11 is 0. The molecule has 0 unspecified atom stereocenters. The highest BCUT2D eigenvalue weighted by Crippen LogP contribution is 2.35. The Hall–Kier alpha value is -3.54. The van der Waals surface area contributed by atoms with Crippen molar-refractivity contribution in [2.24, 2.45) is 0 Å². The zero-order valence-corrected chi connectivity index (χ0v) is 16.4. The summed E-state index contributed by atoms with van der Waals surface area (Å²) in [4.78, 5) is 16.8. The third-order valence-electron chi connectivity index (χ3n) is 5.32. The number of ether oxygens (including phenoxy) is 1. The van der Waals surface area contributed by atoms with Crippen molar-refractivity contribution in [1.82, 2.24) is 14.6 Å². The topological polar surface area (TPSA) is 71.4 Å². The van der Waals surface area contributed by atoms with Crippen LogP contribution in [0.3, 0.4) is 0 Å². The van der Waals surface area contributed by atoms with Crippen LogP contribution in [-0.4, -0.2) is 27.7 Å². The molecule has 2 N–H and O–H groups in total. The number of benzene rings is 2. The maximum atomic E-state index is 13.4. The third kappa shape index (κ3) is 3.06. The molecule has 0 spiro atoms. The van der Waals surface area contributed by atoms with E-state index >= 15 is 0 Å².